The molecule has 1 saturated heterocycles. The van der Waals surface area contributed by atoms with E-state index in [9.17, 15) is 9.59 Å². The van der Waals surface area contributed by atoms with Gasteiger partial charge in [0.25, 0.3) is 0 Å². The highest BCUT2D eigenvalue weighted by atomic mass is 16.2. The Bertz CT molecular complexity index is 756. The molecule has 0 spiro atoms. The van der Waals surface area contributed by atoms with Crippen molar-refractivity contribution in [3.05, 3.63) is 66.2 Å². The third-order valence-corrected chi connectivity index (χ3v) is 3.77. The second kappa shape index (κ2) is 7.46. The monoisotopic (exact) mass is 321 g/mol. The predicted octanol–water partition coefficient (Wildman–Crippen LogP) is 2.27. The molecule has 2 amide bonds. The van der Waals surface area contributed by atoms with Crippen LogP contribution in [0.3, 0.4) is 0 Å². The molecule has 0 saturated carbocycles. The zero-order chi connectivity index (χ0) is 16.8. The van der Waals surface area contributed by atoms with Crippen molar-refractivity contribution in [1.82, 2.24) is 5.32 Å². The van der Waals surface area contributed by atoms with Crippen LogP contribution in [0.25, 0.3) is 6.08 Å². The maximum atomic E-state index is 12.2. The molecule has 2 aromatic rings. The molecule has 0 aromatic heterocycles. The summed E-state index contributed by atoms with van der Waals surface area (Å²) >= 11 is 0. The summed E-state index contributed by atoms with van der Waals surface area (Å²) in [7, 11) is 0. The van der Waals surface area contributed by atoms with Gasteiger partial charge >= 0.3 is 0 Å². The number of nitrogens with zero attached hydrogens (tertiary/aromatic N) is 1. The second-order valence-corrected chi connectivity index (χ2v) is 5.52. The molecular formula is C19H19N3O2. The maximum absolute atomic E-state index is 12.2. The first-order valence-electron chi connectivity index (χ1n) is 7.87. The van der Waals surface area contributed by atoms with Crippen molar-refractivity contribution in [3.63, 3.8) is 0 Å². The molecule has 0 atom stereocenters. The largest absolute Gasteiger partial charge is 0.359 e. The van der Waals surface area contributed by atoms with Crippen LogP contribution in [0.5, 0.6) is 0 Å². The molecule has 122 valence electrons. The van der Waals surface area contributed by atoms with Crippen LogP contribution in [-0.2, 0) is 9.59 Å². The molecule has 24 heavy (non-hydrogen) atoms. The van der Waals surface area contributed by atoms with Gasteiger partial charge in [-0.1, -0.05) is 42.5 Å². The molecule has 1 heterocycles. The fourth-order valence-corrected chi connectivity index (χ4v) is 2.61. The van der Waals surface area contributed by atoms with E-state index in [1.165, 1.54) is 6.08 Å². The Labute approximate surface area is 141 Å². The standard InChI is InChI=1S/C19H19N3O2/c23-18(11-10-15-6-2-1-3-7-15)21-16-8-4-5-9-17(16)22-13-12-20-19(24)14-22/h1-11H,12-14H2,(H,20,24)(H,21,23)/b11-10+. The van der Waals surface area contributed by atoms with Crippen LogP contribution in [0.2, 0.25) is 0 Å². The number of para-hydroxylation sites is 2. The van der Waals surface area contributed by atoms with Crippen molar-refractivity contribution in [2.24, 2.45) is 0 Å². The number of amides is 2. The van der Waals surface area contributed by atoms with Gasteiger partial charge in [-0.2, -0.15) is 0 Å². The lowest BCUT2D eigenvalue weighted by molar-refractivity contribution is -0.120. The number of rotatable bonds is 4. The van der Waals surface area contributed by atoms with E-state index in [0.717, 1.165) is 17.8 Å². The van der Waals surface area contributed by atoms with Gasteiger partial charge in [-0.3, -0.25) is 9.59 Å². The van der Waals surface area contributed by atoms with E-state index < -0.39 is 0 Å². The molecule has 1 fully saturated rings. The molecule has 0 aliphatic carbocycles. The third kappa shape index (κ3) is 4.01. The summed E-state index contributed by atoms with van der Waals surface area (Å²) in [5, 5.41) is 5.70. The number of hydrogen-bond acceptors (Lipinski definition) is 3. The molecule has 2 N–H and O–H groups in total. The highest BCUT2D eigenvalue weighted by Crippen LogP contribution is 2.26. The highest BCUT2D eigenvalue weighted by Gasteiger charge is 2.19. The van der Waals surface area contributed by atoms with Crippen LogP contribution in [0, 0.1) is 0 Å². The fraction of sp³-hybridized carbons (Fsp3) is 0.158. The predicted molar refractivity (Wildman–Crippen MR) is 95.8 cm³/mol. The molecule has 0 bridgehead atoms. The SMILES string of the molecule is O=C(/C=C/c1ccccc1)Nc1ccccc1N1CCNC(=O)C1. The maximum Gasteiger partial charge on any atom is 0.248 e. The normalized spacial score (nSPS) is 14.5. The Hall–Kier alpha value is -3.08. The Morgan fingerprint density at radius 2 is 1.83 bits per heavy atom. The minimum absolute atomic E-state index is 0.00801. The lowest BCUT2D eigenvalue weighted by Crippen LogP contribution is -2.47. The van der Waals surface area contributed by atoms with Gasteiger partial charge in [0.05, 0.1) is 17.9 Å². The van der Waals surface area contributed by atoms with Gasteiger partial charge in [0.1, 0.15) is 0 Å². The summed E-state index contributed by atoms with van der Waals surface area (Å²) in [5.74, 6) is -0.209. The minimum atomic E-state index is -0.201. The fourth-order valence-electron chi connectivity index (χ4n) is 2.61. The second-order valence-electron chi connectivity index (χ2n) is 5.52. The summed E-state index contributed by atoms with van der Waals surface area (Å²) in [6.45, 7) is 1.63. The van der Waals surface area contributed by atoms with Crippen molar-refractivity contribution in [2.45, 2.75) is 0 Å². The summed E-state index contributed by atoms with van der Waals surface area (Å²) in [6.07, 6.45) is 3.28. The molecule has 0 radical (unpaired) electrons. The van der Waals surface area contributed by atoms with Gasteiger partial charge in [-0.15, -0.1) is 0 Å². The van der Waals surface area contributed by atoms with Crippen molar-refractivity contribution in [1.29, 1.82) is 0 Å². The van der Waals surface area contributed by atoms with E-state index in [0.29, 0.717) is 18.8 Å². The van der Waals surface area contributed by atoms with E-state index >= 15 is 0 Å². The van der Waals surface area contributed by atoms with Gasteiger partial charge < -0.3 is 15.5 Å². The zero-order valence-electron chi connectivity index (χ0n) is 13.2. The van der Waals surface area contributed by atoms with Gasteiger partial charge in [-0.05, 0) is 23.8 Å². The van der Waals surface area contributed by atoms with E-state index in [1.54, 1.807) is 6.08 Å². The summed E-state index contributed by atoms with van der Waals surface area (Å²) in [6, 6.07) is 17.2. The van der Waals surface area contributed by atoms with Crippen molar-refractivity contribution in [3.8, 4) is 0 Å². The molecule has 3 rings (SSSR count). The number of hydrogen-bond donors (Lipinski definition) is 2. The lowest BCUT2D eigenvalue weighted by Gasteiger charge is -2.30. The van der Waals surface area contributed by atoms with Crippen molar-refractivity contribution >= 4 is 29.3 Å². The first-order chi connectivity index (χ1) is 11.7. The van der Waals surface area contributed by atoms with Gasteiger partial charge in [0.2, 0.25) is 11.8 Å². The van der Waals surface area contributed by atoms with E-state index in [1.807, 2.05) is 59.5 Å². The van der Waals surface area contributed by atoms with E-state index in [2.05, 4.69) is 10.6 Å². The number of anilines is 2. The lowest BCUT2D eigenvalue weighted by atomic mass is 10.2. The van der Waals surface area contributed by atoms with Gasteiger partial charge in [0, 0.05) is 19.2 Å². The molecule has 0 unspecified atom stereocenters. The number of piperazine rings is 1. The topological polar surface area (TPSA) is 61.4 Å². The number of carbonyl (C=O) groups excluding carboxylic acids is 2. The average Bonchev–Trinajstić information content (AvgIpc) is 2.61. The molecule has 1 aliphatic rings. The zero-order valence-corrected chi connectivity index (χ0v) is 13.2. The molecule has 2 aromatic carbocycles. The van der Waals surface area contributed by atoms with E-state index in [-0.39, 0.29) is 11.8 Å². The van der Waals surface area contributed by atoms with Gasteiger partial charge in [0.15, 0.2) is 0 Å². The summed E-state index contributed by atoms with van der Waals surface area (Å²) in [5.41, 5.74) is 2.53. The average molecular weight is 321 g/mol. The van der Waals surface area contributed by atoms with Crippen LogP contribution in [0.15, 0.2) is 60.7 Å². The number of benzene rings is 2. The van der Waals surface area contributed by atoms with Crippen LogP contribution >= 0.6 is 0 Å². The Kier molecular flexibility index (Phi) is 4.91. The first-order valence-corrected chi connectivity index (χ1v) is 7.87. The molecule has 1 aliphatic heterocycles. The summed E-state index contributed by atoms with van der Waals surface area (Å²) in [4.78, 5) is 25.7. The third-order valence-electron chi connectivity index (χ3n) is 3.77. The molecular weight excluding hydrogens is 302 g/mol. The highest BCUT2D eigenvalue weighted by molar-refractivity contribution is 6.04. The van der Waals surface area contributed by atoms with E-state index in [4.69, 9.17) is 0 Å². The quantitative estimate of drug-likeness (QED) is 0.849. The van der Waals surface area contributed by atoms with Crippen LogP contribution in [0.4, 0.5) is 11.4 Å². The Morgan fingerprint density at radius 1 is 1.08 bits per heavy atom. The smallest absolute Gasteiger partial charge is 0.248 e. The summed E-state index contributed by atoms with van der Waals surface area (Å²) < 4.78 is 0. The van der Waals surface area contributed by atoms with Gasteiger partial charge in [-0.25, -0.2) is 0 Å². The van der Waals surface area contributed by atoms with Crippen LogP contribution in [0.1, 0.15) is 5.56 Å². The molecule has 5 nitrogen and oxygen atoms in total. The van der Waals surface area contributed by atoms with Crippen molar-refractivity contribution in [2.75, 3.05) is 29.9 Å². The first kappa shape index (κ1) is 15.8. The van der Waals surface area contributed by atoms with Crippen LogP contribution in [-0.4, -0.2) is 31.4 Å². The number of carbonyl (C=O) groups is 2. The Morgan fingerprint density at radius 3 is 2.62 bits per heavy atom. The van der Waals surface area contributed by atoms with Crippen LogP contribution < -0.4 is 15.5 Å². The van der Waals surface area contributed by atoms with Crippen molar-refractivity contribution < 1.29 is 9.59 Å². The molecule has 5 heteroatoms. The number of nitrogens with one attached hydrogen (secondary N) is 2. The Balaban J connectivity index is 1.72. The minimum Gasteiger partial charge on any atom is -0.359 e.